The highest BCUT2D eigenvalue weighted by Gasteiger charge is 2.07. The van der Waals surface area contributed by atoms with Gasteiger partial charge in [-0.2, -0.15) is 0 Å². The first-order valence-electron chi connectivity index (χ1n) is 3.51. The Kier molecular flexibility index (Phi) is 3.87. The molecule has 0 N–H and O–H groups in total. The third-order valence-electron chi connectivity index (χ3n) is 1.43. The largest absolute Gasteiger partial charge is 0.254 e. The topological polar surface area (TPSA) is 17.1 Å². The second-order valence-electron chi connectivity index (χ2n) is 2.90. The maximum atomic E-state index is 11.3. The standard InChI is InChI=1S/C8H16OS/c1-6(2)8(5)10(9)7(3)4/h7H,1-5H3. The second kappa shape index (κ2) is 3.91. The van der Waals surface area contributed by atoms with Gasteiger partial charge in [0.1, 0.15) is 0 Å². The molecule has 0 aromatic carbocycles. The SMILES string of the molecule is CC(C)=C(C)S(=O)C(C)C. The lowest BCUT2D eigenvalue weighted by Gasteiger charge is -2.06. The number of hydrogen-bond donors (Lipinski definition) is 0. The van der Waals surface area contributed by atoms with Gasteiger partial charge in [-0.15, -0.1) is 0 Å². The molecule has 0 saturated carbocycles. The van der Waals surface area contributed by atoms with E-state index in [1.807, 2.05) is 34.6 Å². The fraction of sp³-hybridized carbons (Fsp3) is 0.750. The van der Waals surface area contributed by atoms with Gasteiger partial charge < -0.3 is 0 Å². The van der Waals surface area contributed by atoms with Gasteiger partial charge in [0, 0.05) is 10.2 Å². The van der Waals surface area contributed by atoms with E-state index < -0.39 is 10.8 Å². The van der Waals surface area contributed by atoms with Crippen LogP contribution in [0.5, 0.6) is 0 Å². The molecule has 0 aromatic rings. The number of hydrogen-bond acceptors (Lipinski definition) is 1. The maximum absolute atomic E-state index is 11.3. The molecule has 0 saturated heterocycles. The van der Waals surface area contributed by atoms with E-state index >= 15 is 0 Å². The molecular formula is C8H16OS. The minimum Gasteiger partial charge on any atom is -0.254 e. The predicted octanol–water partition coefficient (Wildman–Crippen LogP) is 2.46. The third kappa shape index (κ3) is 2.65. The van der Waals surface area contributed by atoms with E-state index in [1.54, 1.807) is 0 Å². The molecule has 0 aliphatic rings. The Bertz CT molecular complexity index is 164. The van der Waals surface area contributed by atoms with Crippen molar-refractivity contribution >= 4 is 10.8 Å². The van der Waals surface area contributed by atoms with E-state index in [-0.39, 0.29) is 5.25 Å². The van der Waals surface area contributed by atoms with Crippen LogP contribution in [0.2, 0.25) is 0 Å². The average molecular weight is 160 g/mol. The molecule has 0 fully saturated rings. The summed E-state index contributed by atoms with van der Waals surface area (Å²) in [6.07, 6.45) is 0. The lowest BCUT2D eigenvalue weighted by molar-refractivity contribution is 0.680. The summed E-state index contributed by atoms with van der Waals surface area (Å²) in [6, 6.07) is 0. The molecule has 10 heavy (non-hydrogen) atoms. The van der Waals surface area contributed by atoms with Gasteiger partial charge in [0.25, 0.3) is 0 Å². The Balaban J connectivity index is 4.38. The van der Waals surface area contributed by atoms with E-state index in [2.05, 4.69) is 0 Å². The van der Waals surface area contributed by atoms with Crippen LogP contribution in [0.15, 0.2) is 10.5 Å². The Morgan fingerprint density at radius 3 is 1.70 bits per heavy atom. The molecule has 2 heteroatoms. The minimum absolute atomic E-state index is 0.245. The van der Waals surface area contributed by atoms with Gasteiger partial charge in [-0.25, -0.2) is 0 Å². The van der Waals surface area contributed by atoms with Crippen molar-refractivity contribution in [3.8, 4) is 0 Å². The highest BCUT2D eigenvalue weighted by Crippen LogP contribution is 2.11. The number of rotatable bonds is 2. The first-order valence-corrected chi connectivity index (χ1v) is 4.72. The predicted molar refractivity (Wildman–Crippen MR) is 47.3 cm³/mol. The van der Waals surface area contributed by atoms with Crippen molar-refractivity contribution < 1.29 is 4.21 Å². The van der Waals surface area contributed by atoms with Crippen LogP contribution < -0.4 is 0 Å². The van der Waals surface area contributed by atoms with Gasteiger partial charge >= 0.3 is 0 Å². The van der Waals surface area contributed by atoms with Crippen LogP contribution in [0.4, 0.5) is 0 Å². The van der Waals surface area contributed by atoms with Gasteiger partial charge in [0.05, 0.1) is 10.8 Å². The monoisotopic (exact) mass is 160 g/mol. The van der Waals surface area contributed by atoms with Gasteiger partial charge in [0.2, 0.25) is 0 Å². The maximum Gasteiger partial charge on any atom is 0.0510 e. The fourth-order valence-electron chi connectivity index (χ4n) is 0.555. The van der Waals surface area contributed by atoms with Crippen LogP contribution in [0.3, 0.4) is 0 Å². The van der Waals surface area contributed by atoms with E-state index in [4.69, 9.17) is 0 Å². The van der Waals surface area contributed by atoms with Gasteiger partial charge in [-0.05, 0) is 20.8 Å². The average Bonchev–Trinajstić information content (AvgIpc) is 1.84. The van der Waals surface area contributed by atoms with Crippen LogP contribution in [0, 0.1) is 0 Å². The third-order valence-corrected chi connectivity index (χ3v) is 3.30. The first kappa shape index (κ1) is 9.89. The Hall–Kier alpha value is -0.110. The molecule has 0 heterocycles. The zero-order valence-electron chi connectivity index (χ0n) is 7.39. The zero-order valence-corrected chi connectivity index (χ0v) is 8.21. The van der Waals surface area contributed by atoms with E-state index in [0.717, 1.165) is 4.91 Å². The number of allylic oxidation sites excluding steroid dienone is 2. The molecule has 1 nitrogen and oxygen atoms in total. The lowest BCUT2D eigenvalue weighted by atomic mass is 10.3. The van der Waals surface area contributed by atoms with Crippen molar-refractivity contribution in [2.75, 3.05) is 0 Å². The molecule has 1 atom stereocenters. The summed E-state index contributed by atoms with van der Waals surface area (Å²) < 4.78 is 11.3. The quantitative estimate of drug-likeness (QED) is 0.606. The molecule has 0 spiro atoms. The summed E-state index contributed by atoms with van der Waals surface area (Å²) in [5, 5.41) is 0.245. The summed E-state index contributed by atoms with van der Waals surface area (Å²) in [5.74, 6) is 0. The van der Waals surface area contributed by atoms with Crippen molar-refractivity contribution in [1.82, 2.24) is 0 Å². The Labute approximate surface area is 66.0 Å². The minimum atomic E-state index is -0.767. The van der Waals surface area contributed by atoms with E-state index in [0.29, 0.717) is 0 Å². The molecule has 1 unspecified atom stereocenters. The molecule has 0 rings (SSSR count). The molecular weight excluding hydrogens is 144 g/mol. The van der Waals surface area contributed by atoms with E-state index in [9.17, 15) is 4.21 Å². The first-order chi connectivity index (χ1) is 4.46. The van der Waals surface area contributed by atoms with Gasteiger partial charge in [0.15, 0.2) is 0 Å². The summed E-state index contributed by atoms with van der Waals surface area (Å²) in [5.41, 5.74) is 1.17. The Morgan fingerprint density at radius 2 is 1.60 bits per heavy atom. The lowest BCUT2D eigenvalue weighted by Crippen LogP contribution is -2.06. The second-order valence-corrected chi connectivity index (χ2v) is 5.05. The molecule has 0 aromatic heterocycles. The van der Waals surface area contributed by atoms with E-state index in [1.165, 1.54) is 5.57 Å². The van der Waals surface area contributed by atoms with Crippen molar-refractivity contribution in [2.45, 2.75) is 39.9 Å². The molecule has 0 amide bonds. The highest BCUT2D eigenvalue weighted by atomic mass is 32.2. The summed E-state index contributed by atoms with van der Waals surface area (Å²) in [7, 11) is -0.767. The molecule has 0 bridgehead atoms. The van der Waals surface area contributed by atoms with Crippen LogP contribution >= 0.6 is 0 Å². The molecule has 0 aliphatic heterocycles. The molecule has 0 radical (unpaired) electrons. The van der Waals surface area contributed by atoms with Crippen molar-refractivity contribution in [2.24, 2.45) is 0 Å². The fourth-order valence-corrected chi connectivity index (χ4v) is 1.66. The highest BCUT2D eigenvalue weighted by molar-refractivity contribution is 7.89. The normalized spacial score (nSPS) is 13.4. The van der Waals surface area contributed by atoms with Crippen molar-refractivity contribution in [3.05, 3.63) is 10.5 Å². The zero-order chi connectivity index (χ0) is 8.31. The Morgan fingerprint density at radius 1 is 1.20 bits per heavy atom. The van der Waals surface area contributed by atoms with Crippen LogP contribution in [0.1, 0.15) is 34.6 Å². The van der Waals surface area contributed by atoms with Gasteiger partial charge in [-0.1, -0.05) is 19.4 Å². The van der Waals surface area contributed by atoms with Gasteiger partial charge in [-0.3, -0.25) is 4.21 Å². The summed E-state index contributed by atoms with van der Waals surface area (Å²) >= 11 is 0. The van der Waals surface area contributed by atoms with Crippen molar-refractivity contribution in [3.63, 3.8) is 0 Å². The summed E-state index contributed by atoms with van der Waals surface area (Å²) in [4.78, 5) is 1.02. The smallest absolute Gasteiger partial charge is 0.0510 e. The van der Waals surface area contributed by atoms with Crippen LogP contribution in [0.25, 0.3) is 0 Å². The van der Waals surface area contributed by atoms with Crippen LogP contribution in [-0.4, -0.2) is 9.46 Å². The molecule has 0 aliphatic carbocycles. The van der Waals surface area contributed by atoms with Crippen molar-refractivity contribution in [1.29, 1.82) is 0 Å². The molecule has 60 valence electrons. The van der Waals surface area contributed by atoms with Crippen LogP contribution in [-0.2, 0) is 10.8 Å². The summed E-state index contributed by atoms with van der Waals surface area (Å²) in [6.45, 7) is 9.88.